The molecule has 2 aliphatic heterocycles. The molecule has 2 aromatic rings. The van der Waals surface area contributed by atoms with Crippen molar-refractivity contribution in [3.05, 3.63) is 83.5 Å². The molecule has 4 rings (SSSR count). The summed E-state index contributed by atoms with van der Waals surface area (Å²) in [5.74, 6) is 0.242. The van der Waals surface area contributed by atoms with Gasteiger partial charge in [0, 0.05) is 13.0 Å². The van der Waals surface area contributed by atoms with E-state index in [-0.39, 0.29) is 31.1 Å². The Hall–Kier alpha value is -4.17. The fraction of sp³-hybridized carbons (Fsp3) is 0.644. The van der Waals surface area contributed by atoms with Crippen LogP contribution in [0.4, 0.5) is 0 Å². The third-order valence-corrected chi connectivity index (χ3v) is 13.4. The fourth-order valence-corrected chi connectivity index (χ4v) is 9.43. The van der Waals surface area contributed by atoms with E-state index in [9.17, 15) is 14.4 Å². The van der Waals surface area contributed by atoms with E-state index in [1.807, 2.05) is 24.3 Å². The topological polar surface area (TPSA) is 94.2 Å². The molecule has 8 nitrogen and oxygen atoms in total. The van der Waals surface area contributed by atoms with Gasteiger partial charge in [0.2, 0.25) is 0 Å². The predicted molar refractivity (Wildman–Crippen MR) is 278 cm³/mol. The second-order valence-corrected chi connectivity index (χ2v) is 19.2. The number of nitrogens with zero attached hydrogens (tertiary/aromatic N) is 1. The molecule has 0 bridgehead atoms. The van der Waals surface area contributed by atoms with Crippen LogP contribution in [-0.4, -0.2) is 42.6 Å². The van der Waals surface area contributed by atoms with Gasteiger partial charge in [-0.25, -0.2) is 0 Å². The van der Waals surface area contributed by atoms with Gasteiger partial charge in [-0.05, 0) is 72.5 Å². The van der Waals surface area contributed by atoms with Gasteiger partial charge in [-0.2, -0.15) is 0 Å². The van der Waals surface area contributed by atoms with Crippen LogP contribution in [0.5, 0.6) is 11.5 Å². The standard InChI is InChI=1S/C59H90N2O6/c1-4-7-9-11-13-15-17-19-21-23-25-27-29-31-33-35-37-53(62)67-52-44-40-50(41-45-52)57-55-54(59(64)61(57)46-6-3)56(60-58(55)63)49-38-42-51(43-39-49)66-48-65-47-36-34-32-30-28-26-24-22-20-18-16-14-12-10-8-5-2/h6,38-45H,3-5,7-37,46-48H2,1-2H3,(H,60,63). The van der Waals surface area contributed by atoms with Gasteiger partial charge in [-0.15, -0.1) is 6.58 Å². The molecule has 0 aliphatic carbocycles. The number of hydrogen-bond acceptors (Lipinski definition) is 6. The number of ether oxygens (including phenoxy) is 3. The first-order valence-electron chi connectivity index (χ1n) is 27.3. The normalized spacial score (nSPS) is 13.5. The number of carbonyl (C=O) groups excluding carboxylic acids is 3. The van der Waals surface area contributed by atoms with Crippen molar-refractivity contribution in [2.24, 2.45) is 0 Å². The monoisotopic (exact) mass is 923 g/mol. The number of fused-ring (bicyclic) bond motifs is 1. The van der Waals surface area contributed by atoms with E-state index >= 15 is 0 Å². The van der Waals surface area contributed by atoms with Crippen LogP contribution in [-0.2, 0) is 19.1 Å². The number of esters is 1. The highest BCUT2D eigenvalue weighted by Gasteiger charge is 2.45. The third kappa shape index (κ3) is 21.3. The Morgan fingerprint density at radius 1 is 0.537 bits per heavy atom. The summed E-state index contributed by atoms with van der Waals surface area (Å²) in [5.41, 5.74) is 3.04. The molecule has 8 heteroatoms. The molecule has 0 spiro atoms. The van der Waals surface area contributed by atoms with E-state index in [0.29, 0.717) is 58.2 Å². The molecule has 0 aromatic heterocycles. The van der Waals surface area contributed by atoms with Crippen LogP contribution in [0.25, 0.3) is 11.4 Å². The van der Waals surface area contributed by atoms with Crippen molar-refractivity contribution in [1.82, 2.24) is 10.2 Å². The number of amides is 2. The molecule has 2 heterocycles. The smallest absolute Gasteiger partial charge is 0.311 e. The molecule has 2 aromatic carbocycles. The van der Waals surface area contributed by atoms with Crippen molar-refractivity contribution < 1.29 is 28.6 Å². The second kappa shape index (κ2) is 35.0. The summed E-state index contributed by atoms with van der Waals surface area (Å²) in [4.78, 5) is 41.8. The Morgan fingerprint density at radius 2 is 0.955 bits per heavy atom. The zero-order valence-corrected chi connectivity index (χ0v) is 42.3. The maximum atomic E-state index is 13.9. The van der Waals surface area contributed by atoms with Gasteiger partial charge in [0.25, 0.3) is 11.8 Å². The minimum atomic E-state index is -0.336. The van der Waals surface area contributed by atoms with Gasteiger partial charge in [-0.3, -0.25) is 14.4 Å². The maximum absolute atomic E-state index is 13.9. The van der Waals surface area contributed by atoms with E-state index in [4.69, 9.17) is 14.2 Å². The lowest BCUT2D eigenvalue weighted by Crippen LogP contribution is -2.27. The van der Waals surface area contributed by atoms with E-state index in [2.05, 4.69) is 25.7 Å². The number of benzene rings is 2. The van der Waals surface area contributed by atoms with Crippen LogP contribution in [0.15, 0.2) is 72.3 Å². The number of unbranched alkanes of at least 4 members (excludes halogenated alkanes) is 30. The minimum Gasteiger partial charge on any atom is -0.468 e. The van der Waals surface area contributed by atoms with Crippen molar-refractivity contribution in [1.29, 1.82) is 0 Å². The van der Waals surface area contributed by atoms with E-state index in [1.165, 1.54) is 180 Å². The van der Waals surface area contributed by atoms with Gasteiger partial charge < -0.3 is 24.4 Å². The summed E-state index contributed by atoms with van der Waals surface area (Å²) in [7, 11) is 0. The lowest BCUT2D eigenvalue weighted by atomic mass is 10.0. The van der Waals surface area contributed by atoms with Crippen molar-refractivity contribution in [2.75, 3.05) is 19.9 Å². The Morgan fingerprint density at radius 3 is 1.42 bits per heavy atom. The zero-order chi connectivity index (χ0) is 47.6. The number of nitrogens with one attached hydrogen (secondary N) is 1. The van der Waals surface area contributed by atoms with Crippen LogP contribution < -0.4 is 14.8 Å². The zero-order valence-electron chi connectivity index (χ0n) is 42.3. The van der Waals surface area contributed by atoms with Crippen molar-refractivity contribution in [3.63, 3.8) is 0 Å². The van der Waals surface area contributed by atoms with Crippen LogP contribution in [0.2, 0.25) is 0 Å². The Bertz CT molecular complexity index is 1760. The van der Waals surface area contributed by atoms with Crippen LogP contribution in [0.1, 0.15) is 237 Å². The molecule has 0 fully saturated rings. The molecule has 0 radical (unpaired) electrons. The maximum Gasteiger partial charge on any atom is 0.311 e. The average molecular weight is 923 g/mol. The fourth-order valence-electron chi connectivity index (χ4n) is 9.43. The van der Waals surface area contributed by atoms with E-state index in [0.717, 1.165) is 25.7 Å². The Balaban J connectivity index is 1.11. The van der Waals surface area contributed by atoms with Crippen LogP contribution in [0, 0.1) is 0 Å². The summed E-state index contributed by atoms with van der Waals surface area (Å²) in [6.07, 6.45) is 44.1. The molecule has 2 amide bonds. The van der Waals surface area contributed by atoms with Crippen LogP contribution in [0.3, 0.4) is 0 Å². The SMILES string of the molecule is C=CCN1C(=O)C2=C(c3ccc(OCOCCCCCCCCCCCCCCCCCC)cc3)NC(=O)C2=C1c1ccc(OC(=O)CCCCCCCCCCCCCCCCCC)cc1. The molecular weight excluding hydrogens is 833 g/mol. The van der Waals surface area contributed by atoms with Gasteiger partial charge in [0.05, 0.1) is 29.1 Å². The highest BCUT2D eigenvalue weighted by atomic mass is 16.7. The summed E-state index contributed by atoms with van der Waals surface area (Å²) in [6, 6.07) is 14.4. The summed E-state index contributed by atoms with van der Waals surface area (Å²) < 4.78 is 17.3. The molecule has 1 N–H and O–H groups in total. The number of rotatable bonds is 42. The minimum absolute atomic E-state index is 0.172. The van der Waals surface area contributed by atoms with E-state index in [1.54, 1.807) is 35.2 Å². The van der Waals surface area contributed by atoms with Crippen molar-refractivity contribution >= 4 is 29.2 Å². The second-order valence-electron chi connectivity index (χ2n) is 19.2. The van der Waals surface area contributed by atoms with Crippen molar-refractivity contribution in [3.8, 4) is 11.5 Å². The first kappa shape index (κ1) is 55.4. The van der Waals surface area contributed by atoms with Crippen LogP contribution >= 0.6 is 0 Å². The van der Waals surface area contributed by atoms with Gasteiger partial charge in [0.1, 0.15) is 11.5 Å². The largest absolute Gasteiger partial charge is 0.468 e. The lowest BCUT2D eigenvalue weighted by Gasteiger charge is -2.20. The van der Waals surface area contributed by atoms with Gasteiger partial charge in [0.15, 0.2) is 6.79 Å². The molecule has 372 valence electrons. The number of carbonyl (C=O) groups is 3. The molecule has 0 saturated carbocycles. The quantitative estimate of drug-likeness (QED) is 0.0234. The molecule has 0 saturated heterocycles. The lowest BCUT2D eigenvalue weighted by molar-refractivity contribution is -0.134. The number of hydrogen-bond donors (Lipinski definition) is 1. The van der Waals surface area contributed by atoms with Crippen molar-refractivity contribution in [2.45, 2.75) is 226 Å². The molecular formula is C59H90N2O6. The average Bonchev–Trinajstić information content (AvgIpc) is 3.83. The van der Waals surface area contributed by atoms with Gasteiger partial charge in [-0.1, -0.05) is 213 Å². The highest BCUT2D eigenvalue weighted by molar-refractivity contribution is 6.30. The third-order valence-electron chi connectivity index (χ3n) is 13.4. The first-order valence-corrected chi connectivity index (χ1v) is 27.3. The predicted octanol–water partition coefficient (Wildman–Crippen LogP) is 16.1. The molecule has 2 aliphatic rings. The Kier molecular flexibility index (Phi) is 29.0. The molecule has 67 heavy (non-hydrogen) atoms. The van der Waals surface area contributed by atoms with Gasteiger partial charge >= 0.3 is 5.97 Å². The highest BCUT2D eigenvalue weighted by Crippen LogP contribution is 2.43. The summed E-state index contributed by atoms with van der Waals surface area (Å²) >= 11 is 0. The Labute approximate surface area is 407 Å². The molecule has 0 atom stereocenters. The summed E-state index contributed by atoms with van der Waals surface area (Å²) in [6.45, 7) is 9.51. The first-order chi connectivity index (χ1) is 33.0. The molecule has 0 unspecified atom stereocenters. The summed E-state index contributed by atoms with van der Waals surface area (Å²) in [5, 5.41) is 2.96. The van der Waals surface area contributed by atoms with E-state index < -0.39 is 0 Å².